The van der Waals surface area contributed by atoms with E-state index in [2.05, 4.69) is 60.4 Å². The molecule has 158 valence electrons. The van der Waals surface area contributed by atoms with E-state index < -0.39 is 0 Å². The monoisotopic (exact) mass is 406 g/mol. The molecule has 0 bridgehead atoms. The molecule has 30 heavy (non-hydrogen) atoms. The second-order valence-corrected chi connectivity index (χ2v) is 8.68. The van der Waals surface area contributed by atoms with Crippen LogP contribution in [0.2, 0.25) is 0 Å². The number of carbonyl (C=O) groups is 1. The van der Waals surface area contributed by atoms with Gasteiger partial charge in [0, 0.05) is 18.3 Å². The lowest BCUT2D eigenvalue weighted by atomic mass is 9.95. The number of amides is 1. The van der Waals surface area contributed by atoms with Crippen LogP contribution in [0.25, 0.3) is 11.0 Å². The highest BCUT2D eigenvalue weighted by molar-refractivity contribution is 6.05. The third-order valence-corrected chi connectivity index (χ3v) is 5.83. The van der Waals surface area contributed by atoms with Crippen molar-refractivity contribution in [3.05, 3.63) is 58.9 Å². The van der Waals surface area contributed by atoms with Gasteiger partial charge in [-0.2, -0.15) is 5.10 Å². The molecular weight excluding hydrogens is 376 g/mol. The molecule has 1 aliphatic heterocycles. The average Bonchev–Trinajstić information content (AvgIpc) is 3.11. The fourth-order valence-electron chi connectivity index (χ4n) is 4.03. The van der Waals surface area contributed by atoms with Gasteiger partial charge in [-0.3, -0.25) is 4.79 Å². The first-order valence-electron chi connectivity index (χ1n) is 10.7. The van der Waals surface area contributed by atoms with Crippen molar-refractivity contribution in [3.63, 3.8) is 0 Å². The minimum absolute atomic E-state index is 0.0604. The lowest BCUT2D eigenvalue weighted by Crippen LogP contribution is -2.43. The number of aryl methyl sites for hydroxylation is 2. The van der Waals surface area contributed by atoms with E-state index in [0.29, 0.717) is 24.6 Å². The molecule has 4 rings (SSSR count). The number of nitrogens with zero attached hydrogens (tertiary/aromatic N) is 3. The van der Waals surface area contributed by atoms with Crippen molar-refractivity contribution in [3.8, 4) is 0 Å². The molecule has 1 aromatic carbocycles. The maximum absolute atomic E-state index is 13.1. The summed E-state index contributed by atoms with van der Waals surface area (Å²) in [5.74, 6) is 0.384. The fourth-order valence-corrected chi connectivity index (χ4v) is 4.03. The standard InChI is InChI=1S/C24H30N4O2/c1-15(2)22-12-19(9-10-30-22)27-24(29)20-11-17(4)26-23-21(20)13-25-28(23)14-18-7-5-16(3)6-8-18/h5-8,11,13,15,19,22H,9-10,12,14H2,1-4H3,(H,27,29)/t19-,22-/m1/s1. The Kier molecular flexibility index (Phi) is 5.86. The summed E-state index contributed by atoms with van der Waals surface area (Å²) in [5.41, 5.74) is 4.57. The molecule has 3 aromatic rings. The van der Waals surface area contributed by atoms with Gasteiger partial charge in [-0.15, -0.1) is 0 Å². The lowest BCUT2D eigenvalue weighted by Gasteiger charge is -2.32. The summed E-state index contributed by atoms with van der Waals surface area (Å²) in [6, 6.07) is 10.4. The van der Waals surface area contributed by atoms with Crippen LogP contribution in [-0.2, 0) is 11.3 Å². The van der Waals surface area contributed by atoms with Crippen molar-refractivity contribution in [2.45, 2.75) is 59.2 Å². The highest BCUT2D eigenvalue weighted by Gasteiger charge is 2.27. The quantitative estimate of drug-likeness (QED) is 0.695. The molecule has 1 fully saturated rings. The van der Waals surface area contributed by atoms with Crippen molar-refractivity contribution in [1.29, 1.82) is 0 Å². The number of hydrogen-bond donors (Lipinski definition) is 1. The van der Waals surface area contributed by atoms with E-state index >= 15 is 0 Å². The van der Waals surface area contributed by atoms with E-state index in [9.17, 15) is 4.79 Å². The number of rotatable bonds is 5. The summed E-state index contributed by atoms with van der Waals surface area (Å²) < 4.78 is 7.71. The summed E-state index contributed by atoms with van der Waals surface area (Å²) in [5, 5.41) is 8.54. The van der Waals surface area contributed by atoms with Crippen LogP contribution < -0.4 is 5.32 Å². The van der Waals surface area contributed by atoms with Crippen LogP contribution in [-0.4, -0.2) is 39.4 Å². The number of pyridine rings is 1. The van der Waals surface area contributed by atoms with Crippen molar-refractivity contribution < 1.29 is 9.53 Å². The fraction of sp³-hybridized carbons (Fsp3) is 0.458. The molecule has 1 N–H and O–H groups in total. The number of hydrogen-bond acceptors (Lipinski definition) is 4. The number of benzene rings is 1. The van der Waals surface area contributed by atoms with E-state index in [4.69, 9.17) is 4.74 Å². The van der Waals surface area contributed by atoms with Crippen molar-refractivity contribution >= 4 is 16.9 Å². The Hall–Kier alpha value is -2.73. The minimum atomic E-state index is -0.0604. The molecule has 6 heteroatoms. The first-order valence-corrected chi connectivity index (χ1v) is 10.7. The van der Waals surface area contributed by atoms with Crippen LogP contribution >= 0.6 is 0 Å². The van der Waals surface area contributed by atoms with Crippen LogP contribution in [0.15, 0.2) is 36.5 Å². The lowest BCUT2D eigenvalue weighted by molar-refractivity contribution is -0.0233. The summed E-state index contributed by atoms with van der Waals surface area (Å²) in [4.78, 5) is 17.8. The zero-order valence-corrected chi connectivity index (χ0v) is 18.2. The molecule has 0 spiro atoms. The van der Waals surface area contributed by atoms with Gasteiger partial charge >= 0.3 is 0 Å². The third kappa shape index (κ3) is 4.38. The van der Waals surface area contributed by atoms with E-state index in [-0.39, 0.29) is 18.1 Å². The van der Waals surface area contributed by atoms with E-state index in [0.717, 1.165) is 35.1 Å². The molecule has 0 radical (unpaired) electrons. The molecule has 1 amide bonds. The molecule has 6 nitrogen and oxygen atoms in total. The van der Waals surface area contributed by atoms with Gasteiger partial charge in [-0.1, -0.05) is 43.7 Å². The summed E-state index contributed by atoms with van der Waals surface area (Å²) in [7, 11) is 0. The van der Waals surface area contributed by atoms with Crippen LogP contribution in [0.4, 0.5) is 0 Å². The highest BCUT2D eigenvalue weighted by atomic mass is 16.5. The molecule has 2 atom stereocenters. The zero-order chi connectivity index (χ0) is 21.3. The summed E-state index contributed by atoms with van der Waals surface area (Å²) in [6.07, 6.45) is 3.64. The Labute approximate surface area is 177 Å². The number of nitrogens with one attached hydrogen (secondary N) is 1. The first kappa shape index (κ1) is 20.5. The van der Waals surface area contributed by atoms with Crippen molar-refractivity contribution in [2.24, 2.45) is 5.92 Å². The van der Waals surface area contributed by atoms with Gasteiger partial charge < -0.3 is 10.1 Å². The van der Waals surface area contributed by atoms with Gasteiger partial charge in [0.05, 0.1) is 29.8 Å². The van der Waals surface area contributed by atoms with Gasteiger partial charge in [-0.25, -0.2) is 9.67 Å². The van der Waals surface area contributed by atoms with Gasteiger partial charge in [0.25, 0.3) is 5.91 Å². The Balaban J connectivity index is 1.57. The third-order valence-electron chi connectivity index (χ3n) is 5.83. The minimum Gasteiger partial charge on any atom is -0.378 e. The van der Waals surface area contributed by atoms with E-state index in [1.165, 1.54) is 5.56 Å². The first-order chi connectivity index (χ1) is 14.4. The maximum atomic E-state index is 13.1. The molecule has 1 saturated heterocycles. The number of ether oxygens (including phenoxy) is 1. The average molecular weight is 407 g/mol. The second kappa shape index (κ2) is 8.56. The summed E-state index contributed by atoms with van der Waals surface area (Å²) in [6.45, 7) is 9.62. The highest BCUT2D eigenvalue weighted by Crippen LogP contribution is 2.23. The Morgan fingerprint density at radius 1 is 1.27 bits per heavy atom. The van der Waals surface area contributed by atoms with Gasteiger partial charge in [0.2, 0.25) is 0 Å². The second-order valence-electron chi connectivity index (χ2n) is 8.68. The Morgan fingerprint density at radius 2 is 2.03 bits per heavy atom. The predicted octanol–water partition coefficient (Wildman–Crippen LogP) is 4.03. The van der Waals surface area contributed by atoms with Gasteiger partial charge in [-0.05, 0) is 44.2 Å². The SMILES string of the molecule is Cc1ccc(Cn2ncc3c(C(=O)N[C@@H]4CCO[C@@H](C(C)C)C4)cc(C)nc32)cc1. The molecular formula is C24H30N4O2. The molecule has 0 unspecified atom stereocenters. The maximum Gasteiger partial charge on any atom is 0.252 e. The number of carbonyl (C=O) groups excluding carboxylic acids is 1. The number of aromatic nitrogens is 3. The normalized spacial score (nSPS) is 19.4. The van der Waals surface area contributed by atoms with Gasteiger partial charge in [0.15, 0.2) is 5.65 Å². The molecule has 3 heterocycles. The molecule has 1 aliphatic rings. The topological polar surface area (TPSA) is 69.0 Å². The van der Waals surface area contributed by atoms with Gasteiger partial charge in [0.1, 0.15) is 0 Å². The Bertz CT molecular complexity index is 1040. The van der Waals surface area contributed by atoms with Crippen LogP contribution in [0.1, 0.15) is 53.9 Å². The summed E-state index contributed by atoms with van der Waals surface area (Å²) >= 11 is 0. The zero-order valence-electron chi connectivity index (χ0n) is 18.2. The van der Waals surface area contributed by atoms with Crippen molar-refractivity contribution in [2.75, 3.05) is 6.61 Å². The van der Waals surface area contributed by atoms with Crippen LogP contribution in [0.3, 0.4) is 0 Å². The molecule has 2 aromatic heterocycles. The Morgan fingerprint density at radius 3 is 2.77 bits per heavy atom. The van der Waals surface area contributed by atoms with Crippen LogP contribution in [0.5, 0.6) is 0 Å². The largest absolute Gasteiger partial charge is 0.378 e. The molecule has 0 saturated carbocycles. The smallest absolute Gasteiger partial charge is 0.252 e. The van der Waals surface area contributed by atoms with Crippen LogP contribution in [0, 0.1) is 19.8 Å². The van der Waals surface area contributed by atoms with E-state index in [1.54, 1.807) is 6.20 Å². The van der Waals surface area contributed by atoms with E-state index in [1.807, 2.05) is 17.7 Å². The predicted molar refractivity (Wildman–Crippen MR) is 118 cm³/mol. The molecule has 0 aliphatic carbocycles. The number of fused-ring (bicyclic) bond motifs is 1. The van der Waals surface area contributed by atoms with Crippen molar-refractivity contribution in [1.82, 2.24) is 20.1 Å².